The van der Waals surface area contributed by atoms with Crippen LogP contribution in [0.15, 0.2) is 47.6 Å². The standard InChI is InChI=1S/C16H20N4O3S/c1-12(11-19-9-3-8-18-19)10-17-16(21)13(2)24-15-6-4-14(5-7-15)20(22)23/h3-9,12-13H,10-11H2,1-2H3,(H,17,21)/t12-,13-/m0/s1. The predicted molar refractivity (Wildman–Crippen MR) is 92.8 cm³/mol. The van der Waals surface area contributed by atoms with Crippen LogP contribution in [0.25, 0.3) is 0 Å². The van der Waals surface area contributed by atoms with Crippen LogP contribution in [0.4, 0.5) is 5.69 Å². The third kappa shape index (κ3) is 5.38. The molecule has 0 aliphatic carbocycles. The van der Waals surface area contributed by atoms with Crippen LogP contribution in [0.2, 0.25) is 0 Å². The van der Waals surface area contributed by atoms with Crippen LogP contribution >= 0.6 is 11.8 Å². The number of nitro groups is 1. The van der Waals surface area contributed by atoms with Crippen LogP contribution in [0.5, 0.6) is 0 Å². The molecule has 8 heteroatoms. The number of thioether (sulfide) groups is 1. The molecule has 0 fully saturated rings. The van der Waals surface area contributed by atoms with Crippen molar-refractivity contribution in [2.45, 2.75) is 30.5 Å². The first-order valence-electron chi connectivity index (χ1n) is 7.62. The van der Waals surface area contributed by atoms with E-state index in [2.05, 4.69) is 17.3 Å². The average Bonchev–Trinajstić information content (AvgIpc) is 3.06. The Kier molecular flexibility index (Phi) is 6.36. The Bertz CT molecular complexity index is 673. The van der Waals surface area contributed by atoms with Crippen molar-refractivity contribution in [3.8, 4) is 0 Å². The lowest BCUT2D eigenvalue weighted by Crippen LogP contribution is -2.35. The molecule has 0 saturated heterocycles. The number of non-ortho nitro benzene ring substituents is 1. The number of amides is 1. The Morgan fingerprint density at radius 2 is 2.08 bits per heavy atom. The molecular weight excluding hydrogens is 328 g/mol. The summed E-state index contributed by atoms with van der Waals surface area (Å²) in [6.07, 6.45) is 3.62. The van der Waals surface area contributed by atoms with Crippen LogP contribution in [0.1, 0.15) is 13.8 Å². The molecule has 2 rings (SSSR count). The largest absolute Gasteiger partial charge is 0.355 e. The van der Waals surface area contributed by atoms with Crippen molar-refractivity contribution in [1.82, 2.24) is 15.1 Å². The van der Waals surface area contributed by atoms with Crippen LogP contribution in [0, 0.1) is 16.0 Å². The number of rotatable bonds is 8. The Morgan fingerprint density at radius 1 is 1.38 bits per heavy atom. The molecule has 0 unspecified atom stereocenters. The highest BCUT2D eigenvalue weighted by Crippen LogP contribution is 2.25. The molecule has 1 aromatic carbocycles. The lowest BCUT2D eigenvalue weighted by atomic mass is 10.2. The van der Waals surface area contributed by atoms with E-state index in [1.165, 1.54) is 23.9 Å². The third-order valence-corrected chi connectivity index (χ3v) is 4.52. The lowest BCUT2D eigenvalue weighted by molar-refractivity contribution is -0.384. The summed E-state index contributed by atoms with van der Waals surface area (Å²) in [6, 6.07) is 8.08. The molecule has 2 aromatic rings. The number of hydrogen-bond acceptors (Lipinski definition) is 5. The van der Waals surface area contributed by atoms with Gasteiger partial charge in [0.25, 0.3) is 5.69 Å². The van der Waals surface area contributed by atoms with Gasteiger partial charge in [-0.3, -0.25) is 19.6 Å². The topological polar surface area (TPSA) is 90.1 Å². The fraction of sp³-hybridized carbons (Fsp3) is 0.375. The van der Waals surface area contributed by atoms with E-state index in [9.17, 15) is 14.9 Å². The zero-order valence-corrected chi connectivity index (χ0v) is 14.4. The molecule has 1 aromatic heterocycles. The van der Waals surface area contributed by atoms with Crippen LogP contribution < -0.4 is 5.32 Å². The highest BCUT2D eigenvalue weighted by Gasteiger charge is 2.16. The van der Waals surface area contributed by atoms with Crippen LogP contribution in [-0.2, 0) is 11.3 Å². The fourth-order valence-corrected chi connectivity index (χ4v) is 3.01. The zero-order valence-electron chi connectivity index (χ0n) is 13.6. The quantitative estimate of drug-likeness (QED) is 0.450. The smallest absolute Gasteiger partial charge is 0.269 e. The maximum Gasteiger partial charge on any atom is 0.269 e. The number of nitrogens with zero attached hydrogens (tertiary/aromatic N) is 3. The highest BCUT2D eigenvalue weighted by molar-refractivity contribution is 8.00. The molecule has 1 heterocycles. The van der Waals surface area contributed by atoms with Crippen molar-refractivity contribution < 1.29 is 9.72 Å². The normalized spacial score (nSPS) is 13.2. The van der Waals surface area contributed by atoms with Crippen molar-refractivity contribution in [3.05, 3.63) is 52.8 Å². The van der Waals surface area contributed by atoms with E-state index in [1.807, 2.05) is 23.9 Å². The summed E-state index contributed by atoms with van der Waals surface area (Å²) >= 11 is 1.38. The molecule has 0 spiro atoms. The molecule has 0 radical (unpaired) electrons. The summed E-state index contributed by atoms with van der Waals surface area (Å²) in [5, 5.41) is 17.4. The van der Waals surface area contributed by atoms with Crippen molar-refractivity contribution in [2.24, 2.45) is 5.92 Å². The summed E-state index contributed by atoms with van der Waals surface area (Å²) in [7, 11) is 0. The minimum absolute atomic E-state index is 0.0453. The first kappa shape index (κ1) is 18.0. The van der Waals surface area contributed by atoms with E-state index in [0.29, 0.717) is 6.54 Å². The van der Waals surface area contributed by atoms with Gasteiger partial charge in [-0.15, -0.1) is 11.8 Å². The average molecular weight is 348 g/mol. The van der Waals surface area contributed by atoms with Gasteiger partial charge < -0.3 is 5.32 Å². The first-order chi connectivity index (χ1) is 11.5. The van der Waals surface area contributed by atoms with Gasteiger partial charge in [-0.05, 0) is 31.0 Å². The Morgan fingerprint density at radius 3 is 2.67 bits per heavy atom. The summed E-state index contributed by atoms with van der Waals surface area (Å²) in [5.41, 5.74) is 0.0453. The van der Waals surface area contributed by atoms with E-state index in [1.54, 1.807) is 18.3 Å². The van der Waals surface area contributed by atoms with Gasteiger partial charge in [-0.25, -0.2) is 0 Å². The van der Waals surface area contributed by atoms with Gasteiger partial charge in [0, 0.05) is 42.5 Å². The Balaban J connectivity index is 1.78. The molecule has 7 nitrogen and oxygen atoms in total. The van der Waals surface area contributed by atoms with Gasteiger partial charge in [0.05, 0.1) is 10.2 Å². The number of nitrogens with one attached hydrogen (secondary N) is 1. The second kappa shape index (κ2) is 8.49. The zero-order chi connectivity index (χ0) is 17.5. The van der Waals surface area contributed by atoms with Crippen molar-refractivity contribution in [1.29, 1.82) is 0 Å². The van der Waals surface area contributed by atoms with E-state index in [0.717, 1.165) is 11.4 Å². The van der Waals surface area contributed by atoms with Crippen LogP contribution in [-0.4, -0.2) is 32.4 Å². The van der Waals surface area contributed by atoms with Crippen molar-refractivity contribution in [2.75, 3.05) is 6.54 Å². The Hall–Kier alpha value is -2.35. The third-order valence-electron chi connectivity index (χ3n) is 3.41. The maximum absolute atomic E-state index is 12.2. The summed E-state index contributed by atoms with van der Waals surface area (Å²) in [5.74, 6) is 0.219. The van der Waals surface area contributed by atoms with E-state index >= 15 is 0 Å². The number of carbonyl (C=O) groups is 1. The minimum atomic E-state index is -0.439. The molecule has 0 bridgehead atoms. The summed E-state index contributed by atoms with van der Waals surface area (Å²) < 4.78 is 1.84. The number of nitro benzene ring substituents is 1. The molecule has 128 valence electrons. The van der Waals surface area contributed by atoms with E-state index < -0.39 is 4.92 Å². The molecule has 1 N–H and O–H groups in total. The second-order valence-electron chi connectivity index (χ2n) is 5.59. The second-order valence-corrected chi connectivity index (χ2v) is 7.00. The molecular formula is C16H20N4O3S. The number of benzene rings is 1. The fourth-order valence-electron chi connectivity index (χ4n) is 2.11. The first-order valence-corrected chi connectivity index (χ1v) is 8.50. The molecule has 0 aliphatic rings. The monoisotopic (exact) mass is 348 g/mol. The van der Waals surface area contributed by atoms with Gasteiger partial charge in [-0.2, -0.15) is 5.10 Å². The van der Waals surface area contributed by atoms with Gasteiger partial charge in [0.1, 0.15) is 0 Å². The number of hydrogen-bond donors (Lipinski definition) is 1. The molecule has 1 amide bonds. The predicted octanol–water partition coefficient (Wildman–Crippen LogP) is 2.72. The van der Waals surface area contributed by atoms with Gasteiger partial charge in [-0.1, -0.05) is 6.92 Å². The molecule has 0 aliphatic heterocycles. The SMILES string of the molecule is C[C@@H](CNC(=O)[C@H](C)Sc1ccc([N+](=O)[O-])cc1)Cn1cccn1. The summed E-state index contributed by atoms with van der Waals surface area (Å²) in [4.78, 5) is 23.2. The maximum atomic E-state index is 12.2. The molecule has 0 saturated carbocycles. The Labute approximate surface area is 144 Å². The van der Waals surface area contributed by atoms with Gasteiger partial charge in [0.15, 0.2) is 0 Å². The number of carbonyl (C=O) groups excluding carboxylic acids is 1. The molecule has 2 atom stereocenters. The van der Waals surface area contributed by atoms with Gasteiger partial charge >= 0.3 is 0 Å². The van der Waals surface area contributed by atoms with Crippen molar-refractivity contribution in [3.63, 3.8) is 0 Å². The van der Waals surface area contributed by atoms with Crippen LogP contribution in [0.3, 0.4) is 0 Å². The summed E-state index contributed by atoms with van der Waals surface area (Å²) in [6.45, 7) is 5.19. The van der Waals surface area contributed by atoms with E-state index in [4.69, 9.17) is 0 Å². The lowest BCUT2D eigenvalue weighted by Gasteiger charge is -2.15. The van der Waals surface area contributed by atoms with E-state index in [-0.39, 0.29) is 22.8 Å². The highest BCUT2D eigenvalue weighted by atomic mass is 32.2. The molecule has 24 heavy (non-hydrogen) atoms. The number of aromatic nitrogens is 2. The van der Waals surface area contributed by atoms with Crippen molar-refractivity contribution >= 4 is 23.4 Å². The minimum Gasteiger partial charge on any atom is -0.355 e. The van der Waals surface area contributed by atoms with Gasteiger partial charge in [0.2, 0.25) is 5.91 Å².